The van der Waals surface area contributed by atoms with Crippen molar-refractivity contribution in [2.24, 2.45) is 0 Å². The maximum atomic E-state index is 13.6. The Hall–Kier alpha value is -5.41. The molecule has 0 aromatic heterocycles. The molecule has 5 rings (SSSR count). The molecule has 0 radical (unpaired) electrons. The van der Waals surface area contributed by atoms with Gasteiger partial charge in [0.05, 0.1) is 36.9 Å². The standard InChI is InChI=1S/C40H37NO7/c42-40(35-22-24-36(25-23-35)41(43)44)48-38(30-45-27-32-15-7-2-8-16-32)39(47-29-34-19-11-4-12-20-34)37(26-21-31-13-5-1-6-14-31)46-28-33-17-9-3-10-18-33/h1-26,37-39H,27-30H2/b26-21+/t37-,38+,39+/m1/s1. The number of hydrogen-bond acceptors (Lipinski definition) is 7. The molecule has 0 heterocycles. The van der Waals surface area contributed by atoms with E-state index >= 15 is 0 Å². The van der Waals surface area contributed by atoms with E-state index in [0.29, 0.717) is 0 Å². The van der Waals surface area contributed by atoms with E-state index in [4.69, 9.17) is 18.9 Å². The van der Waals surface area contributed by atoms with Crippen LogP contribution in [0.25, 0.3) is 6.08 Å². The first-order valence-corrected chi connectivity index (χ1v) is 15.7. The van der Waals surface area contributed by atoms with Crippen LogP contribution in [0.15, 0.2) is 152 Å². The zero-order valence-electron chi connectivity index (χ0n) is 26.4. The Morgan fingerprint density at radius 1 is 0.646 bits per heavy atom. The summed E-state index contributed by atoms with van der Waals surface area (Å²) in [6.07, 6.45) is 1.45. The number of nitro benzene ring substituents is 1. The second-order valence-corrected chi connectivity index (χ2v) is 11.0. The lowest BCUT2D eigenvalue weighted by atomic mass is 10.0. The number of nitro groups is 1. The summed E-state index contributed by atoms with van der Waals surface area (Å²) >= 11 is 0. The van der Waals surface area contributed by atoms with Crippen molar-refractivity contribution in [2.45, 2.75) is 38.1 Å². The van der Waals surface area contributed by atoms with E-state index in [0.717, 1.165) is 22.3 Å². The third-order valence-electron chi connectivity index (χ3n) is 7.50. The third kappa shape index (κ3) is 10.6. The van der Waals surface area contributed by atoms with Crippen LogP contribution in [0.1, 0.15) is 32.6 Å². The van der Waals surface area contributed by atoms with Gasteiger partial charge in [-0.3, -0.25) is 10.1 Å². The van der Waals surface area contributed by atoms with Gasteiger partial charge in [0.25, 0.3) is 5.69 Å². The number of benzene rings is 5. The van der Waals surface area contributed by atoms with Gasteiger partial charge in [0, 0.05) is 12.1 Å². The van der Waals surface area contributed by atoms with E-state index in [9.17, 15) is 14.9 Å². The summed E-state index contributed by atoms with van der Waals surface area (Å²) < 4.78 is 25.4. The number of esters is 1. The average molecular weight is 644 g/mol. The van der Waals surface area contributed by atoms with Gasteiger partial charge in [0.2, 0.25) is 0 Å². The summed E-state index contributed by atoms with van der Waals surface area (Å²) in [4.78, 5) is 24.3. The lowest BCUT2D eigenvalue weighted by Gasteiger charge is -2.32. The first-order valence-electron chi connectivity index (χ1n) is 15.7. The lowest BCUT2D eigenvalue weighted by Crippen LogP contribution is -2.45. The fourth-order valence-corrected chi connectivity index (χ4v) is 4.96. The third-order valence-corrected chi connectivity index (χ3v) is 7.50. The van der Waals surface area contributed by atoms with Crippen LogP contribution in [-0.4, -0.2) is 35.8 Å². The molecule has 0 saturated heterocycles. The SMILES string of the molecule is O=C(O[C@@H](COCc1ccccc1)[C@@H](OCc1ccccc1)[C@@H](/C=C/c1ccccc1)OCc1ccccc1)c1ccc([N+](=O)[O-])cc1. The smallest absolute Gasteiger partial charge is 0.338 e. The van der Waals surface area contributed by atoms with Crippen molar-refractivity contribution in [1.82, 2.24) is 0 Å². The monoisotopic (exact) mass is 643 g/mol. The second-order valence-electron chi connectivity index (χ2n) is 11.0. The Morgan fingerprint density at radius 3 is 1.69 bits per heavy atom. The maximum Gasteiger partial charge on any atom is 0.338 e. The van der Waals surface area contributed by atoms with Gasteiger partial charge < -0.3 is 18.9 Å². The zero-order valence-corrected chi connectivity index (χ0v) is 26.4. The Bertz CT molecular complexity index is 1710. The molecule has 5 aromatic carbocycles. The molecule has 0 bridgehead atoms. The molecule has 0 aliphatic carbocycles. The number of carbonyl (C=O) groups is 1. The minimum atomic E-state index is -0.929. The van der Waals surface area contributed by atoms with Gasteiger partial charge in [-0.15, -0.1) is 0 Å². The molecule has 8 heteroatoms. The molecule has 0 aliphatic rings. The molecule has 0 amide bonds. The number of nitrogens with zero attached hydrogens (tertiary/aromatic N) is 1. The highest BCUT2D eigenvalue weighted by molar-refractivity contribution is 5.89. The van der Waals surface area contributed by atoms with Crippen molar-refractivity contribution < 1.29 is 28.7 Å². The van der Waals surface area contributed by atoms with Gasteiger partial charge >= 0.3 is 5.97 Å². The van der Waals surface area contributed by atoms with E-state index in [-0.39, 0.29) is 37.7 Å². The maximum absolute atomic E-state index is 13.6. The molecule has 244 valence electrons. The number of carbonyl (C=O) groups excluding carboxylic acids is 1. The van der Waals surface area contributed by atoms with Crippen LogP contribution in [0.5, 0.6) is 0 Å². The van der Waals surface area contributed by atoms with Crippen molar-refractivity contribution in [2.75, 3.05) is 6.61 Å². The van der Waals surface area contributed by atoms with E-state index in [1.54, 1.807) is 0 Å². The van der Waals surface area contributed by atoms with Crippen molar-refractivity contribution >= 4 is 17.7 Å². The largest absolute Gasteiger partial charge is 0.453 e. The summed E-state index contributed by atoms with van der Waals surface area (Å²) in [5.74, 6) is -0.666. The van der Waals surface area contributed by atoms with Crippen molar-refractivity contribution in [3.05, 3.63) is 190 Å². The number of hydrogen-bond donors (Lipinski definition) is 0. The summed E-state index contributed by atoms with van der Waals surface area (Å²) in [5.41, 5.74) is 3.86. The molecular weight excluding hydrogens is 606 g/mol. The van der Waals surface area contributed by atoms with Gasteiger partial charge in [-0.25, -0.2) is 4.79 Å². The summed E-state index contributed by atoms with van der Waals surface area (Å²) in [5, 5.41) is 11.2. The molecule has 0 saturated carbocycles. The van der Waals surface area contributed by atoms with E-state index in [2.05, 4.69) is 0 Å². The Balaban J connectivity index is 1.48. The summed E-state index contributed by atoms with van der Waals surface area (Å²) in [6, 6.07) is 44.3. The fraction of sp³-hybridized carbons (Fsp3) is 0.175. The number of non-ortho nitro benzene ring substituents is 1. The normalized spacial score (nSPS) is 13.1. The van der Waals surface area contributed by atoms with Gasteiger partial charge in [-0.2, -0.15) is 0 Å². The molecule has 0 spiro atoms. The van der Waals surface area contributed by atoms with Crippen LogP contribution in [-0.2, 0) is 38.8 Å². The number of rotatable bonds is 17. The Morgan fingerprint density at radius 2 is 1.15 bits per heavy atom. The van der Waals surface area contributed by atoms with E-state index in [1.807, 2.05) is 133 Å². The van der Waals surface area contributed by atoms with Crippen molar-refractivity contribution in [1.29, 1.82) is 0 Å². The van der Waals surface area contributed by atoms with Gasteiger partial charge in [-0.05, 0) is 34.4 Å². The van der Waals surface area contributed by atoms with Crippen LogP contribution >= 0.6 is 0 Å². The molecule has 0 aliphatic heterocycles. The average Bonchev–Trinajstić information content (AvgIpc) is 3.14. The molecule has 0 N–H and O–H groups in total. The molecule has 48 heavy (non-hydrogen) atoms. The summed E-state index contributed by atoms with van der Waals surface area (Å²) in [7, 11) is 0. The Labute approximate surface area is 280 Å². The zero-order chi connectivity index (χ0) is 33.4. The van der Waals surface area contributed by atoms with Crippen molar-refractivity contribution in [3.8, 4) is 0 Å². The first kappa shape index (κ1) is 33.9. The van der Waals surface area contributed by atoms with Crippen LogP contribution in [0, 0.1) is 10.1 Å². The first-order chi connectivity index (χ1) is 23.5. The van der Waals surface area contributed by atoms with Crippen LogP contribution < -0.4 is 0 Å². The topological polar surface area (TPSA) is 97.1 Å². The second kappa shape index (κ2) is 18.1. The molecule has 0 unspecified atom stereocenters. The molecule has 5 aromatic rings. The fourth-order valence-electron chi connectivity index (χ4n) is 4.96. The van der Waals surface area contributed by atoms with Crippen LogP contribution in [0.3, 0.4) is 0 Å². The van der Waals surface area contributed by atoms with E-state index < -0.39 is 29.2 Å². The number of ether oxygens (including phenoxy) is 4. The molecule has 8 nitrogen and oxygen atoms in total. The van der Waals surface area contributed by atoms with Crippen LogP contribution in [0.4, 0.5) is 5.69 Å². The van der Waals surface area contributed by atoms with Crippen LogP contribution in [0.2, 0.25) is 0 Å². The summed E-state index contributed by atoms with van der Waals surface area (Å²) in [6.45, 7) is 0.786. The minimum Gasteiger partial charge on any atom is -0.453 e. The quantitative estimate of drug-likeness (QED) is 0.0572. The molecular formula is C40H37NO7. The molecule has 0 fully saturated rings. The van der Waals surface area contributed by atoms with Gasteiger partial charge in [0.1, 0.15) is 12.2 Å². The highest BCUT2D eigenvalue weighted by Crippen LogP contribution is 2.22. The Kier molecular flexibility index (Phi) is 12.8. The molecule has 3 atom stereocenters. The minimum absolute atomic E-state index is 0.00253. The van der Waals surface area contributed by atoms with Gasteiger partial charge in [0.15, 0.2) is 6.10 Å². The lowest BCUT2D eigenvalue weighted by molar-refractivity contribution is -0.384. The van der Waals surface area contributed by atoms with Gasteiger partial charge in [-0.1, -0.05) is 133 Å². The highest BCUT2D eigenvalue weighted by Gasteiger charge is 2.34. The predicted molar refractivity (Wildman–Crippen MR) is 184 cm³/mol. The predicted octanol–water partition coefficient (Wildman–Crippen LogP) is 8.22. The van der Waals surface area contributed by atoms with E-state index in [1.165, 1.54) is 24.3 Å². The highest BCUT2D eigenvalue weighted by atomic mass is 16.6. The van der Waals surface area contributed by atoms with Crippen molar-refractivity contribution in [3.63, 3.8) is 0 Å².